The first-order valence-electron chi connectivity index (χ1n) is 8.22. The SMILES string of the molecule is C=CC(=O)N(C)CC(=O)Nc1cccc(CN(C)C(=O)OC(C)(C)C)c1. The molecule has 0 bridgehead atoms. The number of nitrogens with zero attached hydrogens (tertiary/aromatic N) is 2. The van der Waals surface area contributed by atoms with Crippen molar-refractivity contribution in [2.24, 2.45) is 0 Å². The second-order valence-corrected chi connectivity index (χ2v) is 6.98. The molecular formula is C19H27N3O4. The highest BCUT2D eigenvalue weighted by molar-refractivity contribution is 5.96. The van der Waals surface area contributed by atoms with E-state index in [9.17, 15) is 14.4 Å². The van der Waals surface area contributed by atoms with Crippen LogP contribution in [0.3, 0.4) is 0 Å². The van der Waals surface area contributed by atoms with Gasteiger partial charge < -0.3 is 19.9 Å². The van der Waals surface area contributed by atoms with Crippen LogP contribution in [-0.2, 0) is 20.9 Å². The highest BCUT2D eigenvalue weighted by Gasteiger charge is 2.19. The van der Waals surface area contributed by atoms with Crippen molar-refractivity contribution in [3.05, 3.63) is 42.5 Å². The Morgan fingerprint density at radius 1 is 1.19 bits per heavy atom. The van der Waals surface area contributed by atoms with Gasteiger partial charge in [0.05, 0.1) is 6.54 Å². The van der Waals surface area contributed by atoms with E-state index in [-0.39, 0.29) is 18.4 Å². The molecule has 0 aromatic heterocycles. The van der Waals surface area contributed by atoms with Gasteiger partial charge >= 0.3 is 6.09 Å². The molecule has 0 aliphatic heterocycles. The Kier molecular flexibility index (Phi) is 7.37. The molecule has 1 N–H and O–H groups in total. The van der Waals surface area contributed by atoms with Crippen LogP contribution in [-0.4, -0.2) is 53.9 Å². The molecule has 7 nitrogen and oxygen atoms in total. The minimum atomic E-state index is -0.559. The molecule has 0 heterocycles. The fraction of sp³-hybridized carbons (Fsp3) is 0.421. The van der Waals surface area contributed by atoms with Crippen LogP contribution in [0.2, 0.25) is 0 Å². The van der Waals surface area contributed by atoms with Crippen molar-refractivity contribution in [2.75, 3.05) is 26.0 Å². The van der Waals surface area contributed by atoms with E-state index < -0.39 is 11.7 Å². The Balaban J connectivity index is 2.67. The lowest BCUT2D eigenvalue weighted by Crippen LogP contribution is -2.34. The zero-order valence-electron chi connectivity index (χ0n) is 16.0. The van der Waals surface area contributed by atoms with E-state index in [0.29, 0.717) is 12.2 Å². The van der Waals surface area contributed by atoms with Crippen LogP contribution in [0.5, 0.6) is 0 Å². The minimum Gasteiger partial charge on any atom is -0.444 e. The fourth-order valence-corrected chi connectivity index (χ4v) is 2.08. The normalized spacial score (nSPS) is 10.7. The molecule has 1 aromatic rings. The van der Waals surface area contributed by atoms with Crippen LogP contribution in [0.25, 0.3) is 0 Å². The number of hydrogen-bond acceptors (Lipinski definition) is 4. The molecule has 142 valence electrons. The molecule has 0 spiro atoms. The van der Waals surface area contributed by atoms with Gasteiger partial charge in [-0.3, -0.25) is 9.59 Å². The number of likely N-dealkylation sites (N-methyl/N-ethyl adjacent to an activating group) is 1. The Labute approximate surface area is 154 Å². The Bertz CT molecular complexity index is 680. The molecule has 3 amide bonds. The lowest BCUT2D eigenvalue weighted by atomic mass is 10.2. The van der Waals surface area contributed by atoms with Gasteiger partial charge in [-0.1, -0.05) is 18.7 Å². The summed E-state index contributed by atoms with van der Waals surface area (Å²) < 4.78 is 5.32. The highest BCUT2D eigenvalue weighted by Crippen LogP contribution is 2.14. The van der Waals surface area contributed by atoms with Crippen LogP contribution in [0.15, 0.2) is 36.9 Å². The van der Waals surface area contributed by atoms with Gasteiger partial charge in [-0.2, -0.15) is 0 Å². The molecule has 1 aromatic carbocycles. The van der Waals surface area contributed by atoms with Gasteiger partial charge in [0.15, 0.2) is 0 Å². The van der Waals surface area contributed by atoms with Gasteiger partial charge in [-0.15, -0.1) is 0 Å². The second kappa shape index (κ2) is 9.03. The number of benzene rings is 1. The summed E-state index contributed by atoms with van der Waals surface area (Å²) in [6.45, 7) is 9.07. The van der Waals surface area contributed by atoms with Gasteiger partial charge in [0.1, 0.15) is 5.60 Å². The Hall–Kier alpha value is -2.83. The summed E-state index contributed by atoms with van der Waals surface area (Å²) in [5, 5.41) is 2.73. The zero-order chi connectivity index (χ0) is 19.9. The molecule has 0 saturated heterocycles. The molecule has 0 radical (unpaired) electrons. The maximum Gasteiger partial charge on any atom is 0.410 e. The van der Waals surface area contributed by atoms with Gasteiger partial charge in [-0.05, 0) is 44.5 Å². The molecule has 0 unspecified atom stereocenters. The van der Waals surface area contributed by atoms with Crippen LogP contribution < -0.4 is 5.32 Å². The first kappa shape index (κ1) is 21.2. The van der Waals surface area contributed by atoms with Crippen molar-refractivity contribution in [1.82, 2.24) is 9.80 Å². The maximum absolute atomic E-state index is 12.0. The van der Waals surface area contributed by atoms with Gasteiger partial charge in [0.2, 0.25) is 11.8 Å². The van der Waals surface area contributed by atoms with E-state index in [4.69, 9.17) is 4.74 Å². The van der Waals surface area contributed by atoms with E-state index in [1.165, 1.54) is 16.8 Å². The Morgan fingerprint density at radius 3 is 2.42 bits per heavy atom. The number of rotatable bonds is 6. The smallest absolute Gasteiger partial charge is 0.410 e. The summed E-state index contributed by atoms with van der Waals surface area (Å²) in [6.07, 6.45) is 0.733. The summed E-state index contributed by atoms with van der Waals surface area (Å²) in [6, 6.07) is 7.15. The average molecular weight is 361 g/mol. The molecule has 0 aliphatic rings. The predicted octanol–water partition coefficient (Wildman–Crippen LogP) is 2.64. The third-order valence-corrected chi connectivity index (χ3v) is 3.27. The van der Waals surface area contributed by atoms with E-state index in [1.807, 2.05) is 26.8 Å². The first-order chi connectivity index (χ1) is 12.0. The fourth-order valence-electron chi connectivity index (χ4n) is 2.08. The van der Waals surface area contributed by atoms with Gasteiger partial charge in [-0.25, -0.2) is 4.79 Å². The zero-order valence-corrected chi connectivity index (χ0v) is 16.0. The number of anilines is 1. The van der Waals surface area contributed by atoms with Crippen molar-refractivity contribution >= 4 is 23.6 Å². The standard InChI is InChI=1S/C19H27N3O4/c1-7-17(24)21(5)13-16(23)20-15-10-8-9-14(11-15)12-22(6)18(25)26-19(2,3)4/h7-11H,1,12-13H2,2-6H3,(H,20,23). The van der Waals surface area contributed by atoms with Gasteiger partial charge in [0, 0.05) is 26.3 Å². The summed E-state index contributed by atoms with van der Waals surface area (Å²) in [5.74, 6) is -0.645. The minimum absolute atomic E-state index is 0.0765. The third kappa shape index (κ3) is 7.38. The van der Waals surface area contributed by atoms with Crippen LogP contribution >= 0.6 is 0 Å². The number of carbonyl (C=O) groups is 3. The molecule has 0 saturated carbocycles. The average Bonchev–Trinajstić information content (AvgIpc) is 2.52. The number of nitrogens with one attached hydrogen (secondary N) is 1. The molecule has 26 heavy (non-hydrogen) atoms. The van der Waals surface area contributed by atoms with E-state index in [1.54, 1.807) is 25.2 Å². The number of carbonyl (C=O) groups excluding carboxylic acids is 3. The van der Waals surface area contributed by atoms with Crippen molar-refractivity contribution < 1.29 is 19.1 Å². The number of hydrogen-bond donors (Lipinski definition) is 1. The van der Waals surface area contributed by atoms with Crippen molar-refractivity contribution in [2.45, 2.75) is 32.9 Å². The predicted molar refractivity (Wildman–Crippen MR) is 101 cm³/mol. The first-order valence-corrected chi connectivity index (χ1v) is 8.22. The highest BCUT2D eigenvalue weighted by atomic mass is 16.6. The van der Waals surface area contributed by atoms with Crippen LogP contribution in [0, 0.1) is 0 Å². The molecule has 7 heteroatoms. The van der Waals surface area contributed by atoms with E-state index in [2.05, 4.69) is 11.9 Å². The van der Waals surface area contributed by atoms with Crippen LogP contribution in [0.1, 0.15) is 26.3 Å². The number of ether oxygens (including phenoxy) is 1. The summed E-state index contributed by atoms with van der Waals surface area (Å²) in [4.78, 5) is 38.2. The maximum atomic E-state index is 12.0. The molecule has 0 atom stereocenters. The van der Waals surface area contributed by atoms with Crippen molar-refractivity contribution in [1.29, 1.82) is 0 Å². The third-order valence-electron chi connectivity index (χ3n) is 3.27. The number of amides is 3. The van der Waals surface area contributed by atoms with Gasteiger partial charge in [0.25, 0.3) is 0 Å². The summed E-state index contributed by atoms with van der Waals surface area (Å²) in [7, 11) is 3.17. The lowest BCUT2D eigenvalue weighted by Gasteiger charge is -2.24. The van der Waals surface area contributed by atoms with Crippen LogP contribution in [0.4, 0.5) is 10.5 Å². The van der Waals surface area contributed by atoms with Crippen molar-refractivity contribution in [3.63, 3.8) is 0 Å². The molecular weight excluding hydrogens is 334 g/mol. The topological polar surface area (TPSA) is 79.0 Å². The Morgan fingerprint density at radius 2 is 1.85 bits per heavy atom. The second-order valence-electron chi connectivity index (χ2n) is 6.98. The molecule has 0 fully saturated rings. The molecule has 1 rings (SSSR count). The summed E-state index contributed by atoms with van der Waals surface area (Å²) in [5.41, 5.74) is 0.868. The summed E-state index contributed by atoms with van der Waals surface area (Å²) >= 11 is 0. The van der Waals surface area contributed by atoms with E-state index in [0.717, 1.165) is 11.6 Å². The lowest BCUT2D eigenvalue weighted by molar-refractivity contribution is -0.129. The van der Waals surface area contributed by atoms with E-state index >= 15 is 0 Å². The largest absolute Gasteiger partial charge is 0.444 e. The monoisotopic (exact) mass is 361 g/mol. The van der Waals surface area contributed by atoms with Crippen molar-refractivity contribution in [3.8, 4) is 0 Å². The molecule has 0 aliphatic carbocycles. The quantitative estimate of drug-likeness (QED) is 0.790.